The van der Waals surface area contributed by atoms with Crippen LogP contribution in [0.1, 0.15) is 52.4 Å². The summed E-state index contributed by atoms with van der Waals surface area (Å²) in [4.78, 5) is 0. The Kier molecular flexibility index (Phi) is 7.00. The highest BCUT2D eigenvalue weighted by Gasteiger charge is 2.46. The standard InChI is InChI=1S/C17H29F3O2/c1-3-9-22-14-7-5-11(10-13(14)18)12-6-8-15(21-4-2)17(20)16(12)19/h11-17H,3-10H2,1-2H3. The van der Waals surface area contributed by atoms with Crippen molar-refractivity contribution in [2.24, 2.45) is 11.8 Å². The molecule has 5 heteroatoms. The van der Waals surface area contributed by atoms with E-state index in [0.717, 1.165) is 12.8 Å². The summed E-state index contributed by atoms with van der Waals surface area (Å²) in [6.07, 6.45) is -1.55. The van der Waals surface area contributed by atoms with E-state index in [9.17, 15) is 13.2 Å². The van der Waals surface area contributed by atoms with Crippen molar-refractivity contribution < 1.29 is 22.6 Å². The fourth-order valence-corrected chi connectivity index (χ4v) is 3.97. The Labute approximate surface area is 131 Å². The molecule has 22 heavy (non-hydrogen) atoms. The monoisotopic (exact) mass is 322 g/mol. The van der Waals surface area contributed by atoms with Crippen LogP contribution < -0.4 is 0 Å². The van der Waals surface area contributed by atoms with Crippen LogP contribution in [0, 0.1) is 11.8 Å². The van der Waals surface area contributed by atoms with Crippen molar-refractivity contribution >= 4 is 0 Å². The van der Waals surface area contributed by atoms with E-state index in [-0.39, 0.29) is 17.9 Å². The van der Waals surface area contributed by atoms with E-state index in [4.69, 9.17) is 9.47 Å². The van der Waals surface area contributed by atoms with Crippen LogP contribution in [0.25, 0.3) is 0 Å². The van der Waals surface area contributed by atoms with Crippen molar-refractivity contribution in [2.75, 3.05) is 13.2 Å². The maximum absolute atomic E-state index is 14.4. The smallest absolute Gasteiger partial charge is 0.157 e. The Balaban J connectivity index is 1.88. The molecule has 130 valence electrons. The Morgan fingerprint density at radius 1 is 0.864 bits per heavy atom. The largest absolute Gasteiger partial charge is 0.375 e. The average Bonchev–Trinajstić information content (AvgIpc) is 2.51. The van der Waals surface area contributed by atoms with Gasteiger partial charge in [-0.1, -0.05) is 6.92 Å². The molecule has 0 N–H and O–H groups in total. The highest BCUT2D eigenvalue weighted by molar-refractivity contribution is 4.94. The zero-order valence-corrected chi connectivity index (χ0v) is 13.6. The summed E-state index contributed by atoms with van der Waals surface area (Å²) in [7, 11) is 0. The summed E-state index contributed by atoms with van der Waals surface area (Å²) in [5.74, 6) is -0.454. The van der Waals surface area contributed by atoms with Gasteiger partial charge in [-0.15, -0.1) is 0 Å². The Hall–Kier alpha value is -0.290. The summed E-state index contributed by atoms with van der Waals surface area (Å²) < 4.78 is 53.6. The fourth-order valence-electron chi connectivity index (χ4n) is 3.97. The van der Waals surface area contributed by atoms with Gasteiger partial charge >= 0.3 is 0 Å². The van der Waals surface area contributed by atoms with Gasteiger partial charge in [-0.2, -0.15) is 0 Å². The van der Waals surface area contributed by atoms with Gasteiger partial charge in [0.15, 0.2) is 6.17 Å². The molecule has 7 unspecified atom stereocenters. The molecule has 0 aromatic heterocycles. The molecule has 2 saturated carbocycles. The van der Waals surface area contributed by atoms with Gasteiger partial charge in [-0.3, -0.25) is 0 Å². The average molecular weight is 322 g/mol. The van der Waals surface area contributed by atoms with E-state index in [1.807, 2.05) is 6.92 Å². The van der Waals surface area contributed by atoms with Gasteiger partial charge in [0.25, 0.3) is 0 Å². The van der Waals surface area contributed by atoms with Crippen LogP contribution >= 0.6 is 0 Å². The predicted octanol–water partition coefficient (Wildman–Crippen LogP) is 4.41. The van der Waals surface area contributed by atoms with Crippen molar-refractivity contribution in [2.45, 2.75) is 83.1 Å². The maximum atomic E-state index is 14.4. The molecule has 0 radical (unpaired) electrons. The first-order chi connectivity index (χ1) is 10.6. The number of alkyl halides is 3. The minimum Gasteiger partial charge on any atom is -0.375 e. The molecule has 7 atom stereocenters. The summed E-state index contributed by atoms with van der Waals surface area (Å²) in [6, 6.07) is 0. The first kappa shape index (κ1) is 18.1. The lowest BCUT2D eigenvalue weighted by Crippen LogP contribution is -2.47. The first-order valence-electron chi connectivity index (χ1n) is 8.73. The van der Waals surface area contributed by atoms with Gasteiger partial charge in [-0.25, -0.2) is 13.2 Å². The van der Waals surface area contributed by atoms with E-state index < -0.39 is 24.6 Å². The van der Waals surface area contributed by atoms with Crippen molar-refractivity contribution in [3.63, 3.8) is 0 Å². The Morgan fingerprint density at radius 2 is 1.59 bits per heavy atom. The quantitative estimate of drug-likeness (QED) is 0.721. The maximum Gasteiger partial charge on any atom is 0.157 e. The third-order valence-electron chi connectivity index (χ3n) is 5.13. The van der Waals surface area contributed by atoms with Crippen molar-refractivity contribution in [3.05, 3.63) is 0 Å². The fraction of sp³-hybridized carbons (Fsp3) is 1.00. The van der Waals surface area contributed by atoms with Gasteiger partial charge in [0.1, 0.15) is 12.3 Å². The minimum atomic E-state index is -1.58. The van der Waals surface area contributed by atoms with Crippen molar-refractivity contribution in [1.82, 2.24) is 0 Å². The van der Waals surface area contributed by atoms with Crippen LogP contribution in [0.2, 0.25) is 0 Å². The second kappa shape index (κ2) is 8.53. The molecule has 2 rings (SSSR count). The van der Waals surface area contributed by atoms with Crippen LogP contribution in [0.5, 0.6) is 0 Å². The molecule has 2 aliphatic rings. The van der Waals surface area contributed by atoms with Gasteiger partial charge in [0, 0.05) is 13.2 Å². The van der Waals surface area contributed by atoms with Crippen molar-refractivity contribution in [3.8, 4) is 0 Å². The van der Waals surface area contributed by atoms with E-state index in [1.54, 1.807) is 6.92 Å². The van der Waals surface area contributed by atoms with Crippen LogP contribution in [0.15, 0.2) is 0 Å². The van der Waals surface area contributed by atoms with Crippen LogP contribution in [0.4, 0.5) is 13.2 Å². The highest BCUT2D eigenvalue weighted by Crippen LogP contribution is 2.42. The van der Waals surface area contributed by atoms with Gasteiger partial charge in [0.05, 0.1) is 12.2 Å². The molecule has 2 nitrogen and oxygen atoms in total. The van der Waals surface area contributed by atoms with Crippen LogP contribution in [-0.4, -0.2) is 43.9 Å². The second-order valence-electron chi connectivity index (χ2n) is 6.62. The highest BCUT2D eigenvalue weighted by atomic mass is 19.2. The molecule has 0 amide bonds. The van der Waals surface area contributed by atoms with Gasteiger partial charge < -0.3 is 9.47 Å². The molecule has 0 spiro atoms. The Bertz CT molecular complexity index is 329. The molecule has 0 bridgehead atoms. The summed E-state index contributed by atoms with van der Waals surface area (Å²) in [5.41, 5.74) is 0. The molecular formula is C17H29F3O2. The van der Waals surface area contributed by atoms with Crippen LogP contribution in [0.3, 0.4) is 0 Å². The van der Waals surface area contributed by atoms with E-state index >= 15 is 0 Å². The zero-order chi connectivity index (χ0) is 16.1. The number of halogens is 3. The predicted molar refractivity (Wildman–Crippen MR) is 80.2 cm³/mol. The molecule has 0 aromatic rings. The number of hydrogen-bond donors (Lipinski definition) is 0. The van der Waals surface area contributed by atoms with Crippen LogP contribution in [-0.2, 0) is 9.47 Å². The normalized spacial score (nSPS) is 43.2. The molecule has 0 aliphatic heterocycles. The first-order valence-corrected chi connectivity index (χ1v) is 8.73. The Morgan fingerprint density at radius 3 is 2.23 bits per heavy atom. The molecule has 2 aliphatic carbocycles. The SMILES string of the molecule is CCCOC1CCC(C2CCC(OCC)C(F)C2F)CC1F. The van der Waals surface area contributed by atoms with E-state index in [1.165, 1.54) is 0 Å². The molecular weight excluding hydrogens is 293 g/mol. The summed E-state index contributed by atoms with van der Waals surface area (Å²) in [6.45, 7) is 4.74. The lowest BCUT2D eigenvalue weighted by molar-refractivity contribution is -0.0971. The third-order valence-corrected chi connectivity index (χ3v) is 5.13. The van der Waals surface area contributed by atoms with Gasteiger partial charge in [-0.05, 0) is 57.3 Å². The molecule has 2 fully saturated rings. The number of rotatable bonds is 6. The zero-order valence-electron chi connectivity index (χ0n) is 13.6. The lowest BCUT2D eigenvalue weighted by Gasteiger charge is -2.42. The molecule has 0 aromatic carbocycles. The summed E-state index contributed by atoms with van der Waals surface area (Å²) >= 11 is 0. The number of ether oxygens (including phenoxy) is 2. The minimum absolute atomic E-state index is 0.0766. The van der Waals surface area contributed by atoms with E-state index in [2.05, 4.69) is 0 Å². The second-order valence-corrected chi connectivity index (χ2v) is 6.62. The summed E-state index contributed by atoms with van der Waals surface area (Å²) in [5, 5.41) is 0. The van der Waals surface area contributed by atoms with E-state index in [0.29, 0.717) is 38.9 Å². The molecule has 0 heterocycles. The van der Waals surface area contributed by atoms with Gasteiger partial charge in [0.2, 0.25) is 0 Å². The topological polar surface area (TPSA) is 18.5 Å². The number of hydrogen-bond acceptors (Lipinski definition) is 2. The lowest BCUT2D eigenvalue weighted by atomic mass is 9.70. The van der Waals surface area contributed by atoms with Crippen molar-refractivity contribution in [1.29, 1.82) is 0 Å². The third kappa shape index (κ3) is 4.16. The molecule has 0 saturated heterocycles.